The van der Waals surface area contributed by atoms with Crippen LogP contribution in [0.4, 0.5) is 5.82 Å². The minimum Gasteiger partial charge on any atom is -0.259 e. The van der Waals surface area contributed by atoms with E-state index in [0.717, 1.165) is 5.56 Å². The molecule has 0 saturated heterocycles. The predicted octanol–water partition coefficient (Wildman–Crippen LogP) is 1.25. The van der Waals surface area contributed by atoms with Gasteiger partial charge in [0.05, 0.1) is 12.4 Å². The molecule has 2 aromatic rings. The quantitative estimate of drug-likeness (QED) is 0.561. The summed E-state index contributed by atoms with van der Waals surface area (Å²) in [6.45, 7) is 0. The molecule has 0 radical (unpaired) electrons. The number of rotatable bonds is 3. The lowest BCUT2D eigenvalue weighted by Crippen LogP contribution is -1.90. The summed E-state index contributed by atoms with van der Waals surface area (Å²) in [5, 5.41) is 13.9. The Morgan fingerprint density at radius 3 is 2.86 bits per heavy atom. The normalized spacial score (nSPS) is 10.6. The lowest BCUT2D eigenvalue weighted by Gasteiger charge is -1.92. The van der Waals surface area contributed by atoms with Crippen LogP contribution in [0.25, 0.3) is 0 Å². The Morgan fingerprint density at radius 1 is 1.29 bits per heavy atom. The molecule has 5 heteroatoms. The van der Waals surface area contributed by atoms with Crippen molar-refractivity contribution in [3.8, 4) is 0 Å². The molecule has 0 saturated carbocycles. The fraction of sp³-hybridized carbons (Fsp3) is 0. The third kappa shape index (κ3) is 2.16. The van der Waals surface area contributed by atoms with Gasteiger partial charge in [0.1, 0.15) is 0 Å². The molecule has 5 nitrogen and oxygen atoms in total. The third-order valence-electron chi connectivity index (χ3n) is 1.61. The third-order valence-corrected chi connectivity index (χ3v) is 1.61. The summed E-state index contributed by atoms with van der Waals surface area (Å²) >= 11 is 0. The van der Waals surface area contributed by atoms with E-state index < -0.39 is 0 Å². The molecule has 14 heavy (non-hydrogen) atoms. The zero-order chi connectivity index (χ0) is 9.64. The predicted molar refractivity (Wildman–Crippen MR) is 54.0 cm³/mol. The number of aromatic amines is 1. The second kappa shape index (κ2) is 4.18. The molecule has 2 rings (SSSR count). The minimum atomic E-state index is 0.595. The van der Waals surface area contributed by atoms with E-state index in [2.05, 4.69) is 25.9 Å². The summed E-state index contributed by atoms with van der Waals surface area (Å²) in [5.41, 5.74) is 3.77. The van der Waals surface area contributed by atoms with Gasteiger partial charge in [-0.3, -0.25) is 5.43 Å². The van der Waals surface area contributed by atoms with Crippen molar-refractivity contribution in [3.05, 3.63) is 42.1 Å². The molecule has 0 unspecified atom stereocenters. The summed E-state index contributed by atoms with van der Waals surface area (Å²) in [7, 11) is 0. The zero-order valence-corrected chi connectivity index (χ0v) is 7.38. The van der Waals surface area contributed by atoms with Crippen molar-refractivity contribution in [2.75, 3.05) is 5.43 Å². The second-order valence-corrected chi connectivity index (χ2v) is 2.64. The molecule has 0 atom stereocenters. The van der Waals surface area contributed by atoms with Crippen molar-refractivity contribution in [1.82, 2.24) is 15.4 Å². The van der Waals surface area contributed by atoms with Crippen LogP contribution >= 0.6 is 0 Å². The number of hydrogen-bond acceptors (Lipinski definition) is 4. The Balaban J connectivity index is 1.96. The van der Waals surface area contributed by atoms with Gasteiger partial charge in [-0.1, -0.05) is 30.3 Å². The number of nitrogens with one attached hydrogen (secondary N) is 2. The van der Waals surface area contributed by atoms with Crippen LogP contribution in [-0.2, 0) is 0 Å². The monoisotopic (exact) mass is 187 g/mol. The van der Waals surface area contributed by atoms with Gasteiger partial charge in [-0.25, -0.2) is 0 Å². The van der Waals surface area contributed by atoms with Crippen LogP contribution in [0.5, 0.6) is 0 Å². The highest BCUT2D eigenvalue weighted by atomic mass is 15.4. The number of hydrogen-bond donors (Lipinski definition) is 2. The van der Waals surface area contributed by atoms with Gasteiger partial charge in [0, 0.05) is 0 Å². The van der Waals surface area contributed by atoms with Crippen LogP contribution in [0, 0.1) is 0 Å². The van der Waals surface area contributed by atoms with Crippen LogP contribution < -0.4 is 5.43 Å². The van der Waals surface area contributed by atoms with Gasteiger partial charge in [0.15, 0.2) is 5.82 Å². The highest BCUT2D eigenvalue weighted by Crippen LogP contribution is 1.97. The molecular formula is C9H9N5. The molecule has 0 aliphatic heterocycles. The van der Waals surface area contributed by atoms with E-state index in [-0.39, 0.29) is 0 Å². The number of benzene rings is 1. The molecule has 2 N–H and O–H groups in total. The van der Waals surface area contributed by atoms with Crippen LogP contribution in [0.15, 0.2) is 41.6 Å². The van der Waals surface area contributed by atoms with E-state index in [0.29, 0.717) is 5.82 Å². The van der Waals surface area contributed by atoms with Crippen molar-refractivity contribution in [2.24, 2.45) is 5.10 Å². The minimum absolute atomic E-state index is 0.595. The number of hydrazone groups is 1. The smallest absolute Gasteiger partial charge is 0.188 e. The summed E-state index contributed by atoms with van der Waals surface area (Å²) in [5.74, 6) is 0.595. The molecule has 0 fully saturated rings. The van der Waals surface area contributed by atoms with Gasteiger partial charge in [-0.05, 0) is 5.56 Å². The van der Waals surface area contributed by atoms with Gasteiger partial charge >= 0.3 is 0 Å². The molecular weight excluding hydrogens is 178 g/mol. The Hall–Kier alpha value is -2.17. The van der Waals surface area contributed by atoms with Gasteiger partial charge in [-0.15, -0.1) is 5.10 Å². The van der Waals surface area contributed by atoms with E-state index in [4.69, 9.17) is 0 Å². The van der Waals surface area contributed by atoms with Crippen molar-refractivity contribution in [2.45, 2.75) is 0 Å². The average Bonchev–Trinajstić information content (AvgIpc) is 2.72. The zero-order valence-electron chi connectivity index (χ0n) is 7.38. The molecule has 0 amide bonds. The standard InChI is InChI=1S/C9H9N5/c1-2-4-8(5-3-1)6-10-12-9-7-11-14-13-9/h1-7H,(H2,11,12,13,14). The van der Waals surface area contributed by atoms with Gasteiger partial charge < -0.3 is 0 Å². The van der Waals surface area contributed by atoms with Crippen LogP contribution in [0.2, 0.25) is 0 Å². The molecule has 0 aliphatic rings. The van der Waals surface area contributed by atoms with Gasteiger partial charge in [-0.2, -0.15) is 15.4 Å². The summed E-state index contributed by atoms with van der Waals surface area (Å²) in [6.07, 6.45) is 3.27. The highest BCUT2D eigenvalue weighted by Gasteiger charge is 1.89. The number of anilines is 1. The van der Waals surface area contributed by atoms with Gasteiger partial charge in [0.25, 0.3) is 0 Å². The Morgan fingerprint density at radius 2 is 2.14 bits per heavy atom. The first-order valence-electron chi connectivity index (χ1n) is 4.15. The molecule has 70 valence electrons. The Bertz CT molecular complexity index is 392. The Labute approximate surface area is 80.9 Å². The highest BCUT2D eigenvalue weighted by molar-refractivity contribution is 5.79. The van der Waals surface area contributed by atoms with E-state index in [1.165, 1.54) is 0 Å². The fourth-order valence-electron chi connectivity index (χ4n) is 0.968. The maximum absolute atomic E-state index is 3.99. The fourth-order valence-corrected chi connectivity index (χ4v) is 0.968. The van der Waals surface area contributed by atoms with E-state index >= 15 is 0 Å². The Kier molecular flexibility index (Phi) is 2.51. The average molecular weight is 187 g/mol. The largest absolute Gasteiger partial charge is 0.259 e. The van der Waals surface area contributed by atoms with Crippen molar-refractivity contribution in [1.29, 1.82) is 0 Å². The lowest BCUT2D eigenvalue weighted by molar-refractivity contribution is 0.939. The number of H-pyrrole nitrogens is 1. The van der Waals surface area contributed by atoms with Crippen LogP contribution in [-0.4, -0.2) is 21.6 Å². The topological polar surface area (TPSA) is 66.0 Å². The number of nitrogens with zero attached hydrogens (tertiary/aromatic N) is 3. The number of aromatic nitrogens is 3. The SMILES string of the molecule is C(=NNc1cn[nH]n1)c1ccccc1. The van der Waals surface area contributed by atoms with E-state index in [9.17, 15) is 0 Å². The summed E-state index contributed by atoms with van der Waals surface area (Å²) in [4.78, 5) is 0. The van der Waals surface area contributed by atoms with Gasteiger partial charge in [0.2, 0.25) is 0 Å². The summed E-state index contributed by atoms with van der Waals surface area (Å²) < 4.78 is 0. The van der Waals surface area contributed by atoms with Crippen molar-refractivity contribution in [3.63, 3.8) is 0 Å². The van der Waals surface area contributed by atoms with Crippen molar-refractivity contribution >= 4 is 12.0 Å². The van der Waals surface area contributed by atoms with E-state index in [1.54, 1.807) is 12.4 Å². The summed E-state index contributed by atoms with van der Waals surface area (Å²) in [6, 6.07) is 9.80. The first kappa shape index (κ1) is 8.43. The molecule has 0 spiro atoms. The molecule has 1 heterocycles. The molecule has 1 aromatic carbocycles. The van der Waals surface area contributed by atoms with Crippen LogP contribution in [0.1, 0.15) is 5.56 Å². The van der Waals surface area contributed by atoms with E-state index in [1.807, 2.05) is 30.3 Å². The molecule has 0 aliphatic carbocycles. The maximum Gasteiger partial charge on any atom is 0.188 e. The first-order valence-corrected chi connectivity index (χ1v) is 4.15. The first-order chi connectivity index (χ1) is 6.95. The lowest BCUT2D eigenvalue weighted by atomic mass is 10.2. The molecule has 1 aromatic heterocycles. The maximum atomic E-state index is 3.99. The van der Waals surface area contributed by atoms with Crippen molar-refractivity contribution < 1.29 is 0 Å². The molecule has 0 bridgehead atoms. The van der Waals surface area contributed by atoms with Crippen LogP contribution in [0.3, 0.4) is 0 Å². The second-order valence-electron chi connectivity index (χ2n) is 2.64.